The molecule has 0 aliphatic heterocycles. The van der Waals surface area contributed by atoms with E-state index in [1.165, 1.54) is 7.11 Å². The maximum Gasteiger partial charge on any atom is 0.411 e. The van der Waals surface area contributed by atoms with E-state index in [1.807, 2.05) is 131 Å². The van der Waals surface area contributed by atoms with Crippen molar-refractivity contribution in [3.8, 4) is 0 Å². The molecule has 0 N–H and O–H groups in total. The Morgan fingerprint density at radius 1 is 0.868 bits per heavy atom. The summed E-state index contributed by atoms with van der Waals surface area (Å²) in [6.07, 6.45) is -0.523. The van der Waals surface area contributed by atoms with Crippen LogP contribution in [0, 0.1) is 0 Å². The van der Waals surface area contributed by atoms with Crippen LogP contribution in [0.5, 0.6) is 0 Å². The summed E-state index contributed by atoms with van der Waals surface area (Å²) in [5, 5.41) is 0. The highest BCUT2D eigenvalue weighted by molar-refractivity contribution is 6.34. The highest BCUT2D eigenvalue weighted by atomic mass is 16.6. The lowest BCUT2D eigenvalue weighted by atomic mass is 9.66. The third-order valence-corrected chi connectivity index (χ3v) is 6.62. The van der Waals surface area contributed by atoms with E-state index in [0.29, 0.717) is 11.3 Å². The molecule has 0 bridgehead atoms. The van der Waals surface area contributed by atoms with Gasteiger partial charge >= 0.3 is 6.09 Å². The number of Topliss-reactive ketones (excluding diaryl/α,β-unsaturated/α-hetero) is 1. The molecule has 38 heavy (non-hydrogen) atoms. The quantitative estimate of drug-likeness (QED) is 0.365. The number of likely N-dealkylation sites (N-methyl/N-ethyl adjacent to an activating group) is 1. The second kappa shape index (κ2) is 10.8. The van der Waals surface area contributed by atoms with Gasteiger partial charge in [0.2, 0.25) is 5.78 Å². The van der Waals surface area contributed by atoms with Crippen LogP contribution in [-0.2, 0) is 20.8 Å². The first-order valence-electron chi connectivity index (χ1n) is 12.8. The number of methoxy groups -OCH3 is 1. The van der Waals surface area contributed by atoms with Crippen LogP contribution in [0.25, 0.3) is 5.57 Å². The molecule has 0 spiro atoms. The average Bonchev–Trinajstić information content (AvgIpc) is 2.89. The summed E-state index contributed by atoms with van der Waals surface area (Å²) in [6.45, 7) is 5.74. The number of benzene rings is 3. The first-order valence-corrected chi connectivity index (χ1v) is 12.8. The number of hydrogen-bond donors (Lipinski definition) is 0. The largest absolute Gasteiger partial charge is 0.444 e. The Bertz CT molecular complexity index is 1300. The second-order valence-corrected chi connectivity index (χ2v) is 10.7. The van der Waals surface area contributed by atoms with Crippen LogP contribution in [0.2, 0.25) is 0 Å². The molecule has 0 saturated heterocycles. The lowest BCUT2D eigenvalue weighted by Crippen LogP contribution is -2.63. The minimum absolute atomic E-state index is 0.176. The molecule has 6 nitrogen and oxygen atoms in total. The predicted octanol–water partition coefficient (Wildman–Crippen LogP) is 6.11. The number of hydrogen-bond acceptors (Lipinski definition) is 5. The van der Waals surface area contributed by atoms with E-state index in [-0.39, 0.29) is 12.3 Å². The van der Waals surface area contributed by atoms with Crippen molar-refractivity contribution in [1.82, 2.24) is 9.80 Å². The summed E-state index contributed by atoms with van der Waals surface area (Å²) in [6, 6.07) is 28.1. The lowest BCUT2D eigenvalue weighted by molar-refractivity contribution is -0.146. The Hall–Kier alpha value is -3.90. The van der Waals surface area contributed by atoms with Gasteiger partial charge in [-0.2, -0.15) is 0 Å². The fraction of sp³-hybridized carbons (Fsp3) is 0.312. The number of carbonyl (C=O) groups excluding carboxylic acids is 2. The Kier molecular flexibility index (Phi) is 7.74. The number of rotatable bonds is 8. The smallest absolute Gasteiger partial charge is 0.411 e. The van der Waals surface area contributed by atoms with Crippen LogP contribution in [0.3, 0.4) is 0 Å². The molecule has 3 aromatic rings. The third-order valence-electron chi connectivity index (χ3n) is 6.62. The fourth-order valence-corrected chi connectivity index (χ4v) is 5.14. The molecule has 6 heteroatoms. The molecule has 2 atom stereocenters. The van der Waals surface area contributed by atoms with E-state index in [9.17, 15) is 9.59 Å². The van der Waals surface area contributed by atoms with Crippen molar-refractivity contribution in [2.75, 3.05) is 21.2 Å². The van der Waals surface area contributed by atoms with E-state index in [4.69, 9.17) is 9.47 Å². The van der Waals surface area contributed by atoms with Crippen molar-refractivity contribution in [3.05, 3.63) is 113 Å². The maximum absolute atomic E-state index is 14.3. The molecule has 1 amide bonds. The number of ether oxygens (including phenoxy) is 2. The summed E-state index contributed by atoms with van der Waals surface area (Å²) in [4.78, 5) is 31.8. The highest BCUT2D eigenvalue weighted by Crippen LogP contribution is 2.53. The zero-order chi connectivity index (χ0) is 27.5. The summed E-state index contributed by atoms with van der Waals surface area (Å²) < 4.78 is 12.1. The number of nitrogens with zero attached hydrogens (tertiary/aromatic N) is 2. The topological polar surface area (TPSA) is 59.1 Å². The third kappa shape index (κ3) is 5.09. The Morgan fingerprint density at radius 3 is 1.89 bits per heavy atom. The van der Waals surface area contributed by atoms with Crippen molar-refractivity contribution in [2.24, 2.45) is 0 Å². The minimum Gasteiger partial charge on any atom is -0.444 e. The summed E-state index contributed by atoms with van der Waals surface area (Å²) in [5.41, 5.74) is 1.63. The molecule has 2 unspecified atom stereocenters. The van der Waals surface area contributed by atoms with Gasteiger partial charge in [-0.1, -0.05) is 91.0 Å². The number of ketones is 1. The lowest BCUT2D eigenvalue weighted by Gasteiger charge is -2.52. The van der Waals surface area contributed by atoms with Gasteiger partial charge in [-0.3, -0.25) is 9.69 Å². The Labute approximate surface area is 225 Å². The molecule has 0 fully saturated rings. The molecular weight excluding hydrogens is 476 g/mol. The van der Waals surface area contributed by atoms with E-state index >= 15 is 0 Å². The Morgan fingerprint density at radius 2 is 1.39 bits per heavy atom. The van der Waals surface area contributed by atoms with Crippen LogP contribution in [0.1, 0.15) is 43.5 Å². The van der Waals surface area contributed by atoms with E-state index in [0.717, 1.165) is 16.7 Å². The standard InChI is InChI=1S/C32H36N2O4/c1-31(2,3)38-30(36)34(22-23-16-10-7-11-17-23)27(25-20-14-9-15-21-25)32(37-6)28(33(4)5)26(29(32)35)24-18-12-8-13-19-24/h7-21,27H,22H2,1-6H3. The van der Waals surface area contributed by atoms with Crippen LogP contribution in [0.4, 0.5) is 4.79 Å². The van der Waals surface area contributed by atoms with E-state index < -0.39 is 23.3 Å². The second-order valence-electron chi connectivity index (χ2n) is 10.7. The zero-order valence-corrected chi connectivity index (χ0v) is 23.0. The molecule has 1 aliphatic rings. The van der Waals surface area contributed by atoms with Crippen LogP contribution in [-0.4, -0.2) is 54.1 Å². The fourth-order valence-electron chi connectivity index (χ4n) is 5.14. The normalized spacial score (nSPS) is 18.0. The zero-order valence-electron chi connectivity index (χ0n) is 23.0. The molecule has 0 heterocycles. The molecule has 1 aliphatic carbocycles. The number of amides is 1. The van der Waals surface area contributed by atoms with Crippen LogP contribution in [0.15, 0.2) is 96.7 Å². The number of carbonyl (C=O) groups is 2. The molecule has 4 rings (SSSR count). The van der Waals surface area contributed by atoms with Gasteiger partial charge in [0, 0.05) is 27.7 Å². The molecule has 0 aromatic heterocycles. The molecule has 198 valence electrons. The summed E-state index contributed by atoms with van der Waals surface area (Å²) >= 11 is 0. The van der Waals surface area contributed by atoms with Gasteiger partial charge in [0.15, 0.2) is 5.60 Å². The minimum atomic E-state index is -1.44. The van der Waals surface area contributed by atoms with Gasteiger partial charge in [0.1, 0.15) is 11.6 Å². The molecule has 0 radical (unpaired) electrons. The molecule has 3 aromatic carbocycles. The van der Waals surface area contributed by atoms with Gasteiger partial charge in [-0.05, 0) is 37.5 Å². The summed E-state index contributed by atoms with van der Waals surface area (Å²) in [7, 11) is 5.33. The van der Waals surface area contributed by atoms with E-state index in [2.05, 4.69) is 0 Å². The molecular formula is C32H36N2O4. The summed E-state index contributed by atoms with van der Waals surface area (Å²) in [5.74, 6) is -0.176. The monoisotopic (exact) mass is 512 g/mol. The highest BCUT2D eigenvalue weighted by Gasteiger charge is 2.63. The van der Waals surface area contributed by atoms with Crippen molar-refractivity contribution >= 4 is 17.4 Å². The SMILES string of the molecule is COC1(C(c2ccccc2)N(Cc2ccccc2)C(=O)OC(C)(C)C)C(=O)C(c2ccccc2)=C1N(C)C. The van der Waals surface area contributed by atoms with Gasteiger partial charge in [0.25, 0.3) is 0 Å². The van der Waals surface area contributed by atoms with Crippen molar-refractivity contribution in [3.63, 3.8) is 0 Å². The van der Waals surface area contributed by atoms with Crippen molar-refractivity contribution in [1.29, 1.82) is 0 Å². The van der Waals surface area contributed by atoms with Crippen molar-refractivity contribution in [2.45, 2.75) is 44.6 Å². The average molecular weight is 513 g/mol. The van der Waals surface area contributed by atoms with Gasteiger partial charge < -0.3 is 14.4 Å². The van der Waals surface area contributed by atoms with Gasteiger partial charge in [-0.25, -0.2) is 4.79 Å². The Balaban J connectivity index is 1.96. The first kappa shape index (κ1) is 27.1. The molecule has 0 saturated carbocycles. The van der Waals surface area contributed by atoms with E-state index in [1.54, 1.807) is 4.90 Å². The van der Waals surface area contributed by atoms with Gasteiger partial charge in [0.05, 0.1) is 11.3 Å². The maximum atomic E-state index is 14.3. The van der Waals surface area contributed by atoms with Gasteiger partial charge in [-0.15, -0.1) is 0 Å². The predicted molar refractivity (Wildman–Crippen MR) is 149 cm³/mol. The van der Waals surface area contributed by atoms with Crippen molar-refractivity contribution < 1.29 is 19.1 Å². The van der Waals surface area contributed by atoms with Crippen LogP contribution < -0.4 is 0 Å². The first-order chi connectivity index (χ1) is 18.1. The van der Waals surface area contributed by atoms with Crippen LogP contribution >= 0.6 is 0 Å².